The van der Waals surface area contributed by atoms with Crippen LogP contribution in [0.2, 0.25) is 0 Å². The van der Waals surface area contributed by atoms with Gasteiger partial charge in [-0.1, -0.05) is 28.9 Å². The highest BCUT2D eigenvalue weighted by Crippen LogP contribution is 2.10. The highest BCUT2D eigenvalue weighted by Gasteiger charge is 2.10. The molecule has 17 heavy (non-hydrogen) atoms. The van der Waals surface area contributed by atoms with Gasteiger partial charge in [0.1, 0.15) is 5.82 Å². The topological polar surface area (TPSA) is 29.1 Å². The van der Waals surface area contributed by atoms with Crippen molar-refractivity contribution >= 4 is 21.8 Å². The van der Waals surface area contributed by atoms with Gasteiger partial charge in [-0.05, 0) is 37.5 Å². The summed E-state index contributed by atoms with van der Waals surface area (Å²) in [6.07, 6.45) is 1.86. The van der Waals surface area contributed by atoms with Crippen molar-refractivity contribution in [2.45, 2.75) is 31.5 Å². The molecular weight excluding hydrogens is 285 g/mol. The summed E-state index contributed by atoms with van der Waals surface area (Å²) < 4.78 is 13.5. The zero-order chi connectivity index (χ0) is 12.8. The SMILES string of the molecule is Cc1ccc(C(=O)NCCCC(C)Br)c(F)c1. The maximum absolute atomic E-state index is 13.5. The zero-order valence-electron chi connectivity index (χ0n) is 10.1. The number of hydrogen-bond donors (Lipinski definition) is 1. The van der Waals surface area contributed by atoms with Crippen LogP contribution in [0.3, 0.4) is 0 Å². The summed E-state index contributed by atoms with van der Waals surface area (Å²) in [5.74, 6) is -0.805. The molecule has 0 heterocycles. The molecule has 0 spiro atoms. The summed E-state index contributed by atoms with van der Waals surface area (Å²) in [6.45, 7) is 4.42. The van der Waals surface area contributed by atoms with Gasteiger partial charge in [-0.2, -0.15) is 0 Å². The van der Waals surface area contributed by atoms with Gasteiger partial charge in [-0.25, -0.2) is 4.39 Å². The second-order valence-corrected chi connectivity index (χ2v) is 5.73. The van der Waals surface area contributed by atoms with E-state index in [0.717, 1.165) is 18.4 Å². The van der Waals surface area contributed by atoms with Gasteiger partial charge < -0.3 is 5.32 Å². The van der Waals surface area contributed by atoms with E-state index < -0.39 is 5.82 Å². The van der Waals surface area contributed by atoms with E-state index in [0.29, 0.717) is 11.4 Å². The maximum Gasteiger partial charge on any atom is 0.254 e. The number of carbonyl (C=O) groups is 1. The third kappa shape index (κ3) is 4.86. The van der Waals surface area contributed by atoms with Crippen LogP contribution in [0.4, 0.5) is 4.39 Å². The lowest BCUT2D eigenvalue weighted by atomic mass is 10.1. The predicted molar refractivity (Wildman–Crippen MR) is 71.1 cm³/mol. The van der Waals surface area contributed by atoms with Crippen LogP contribution in [0.1, 0.15) is 35.7 Å². The summed E-state index contributed by atoms with van der Waals surface area (Å²) in [7, 11) is 0. The molecule has 0 radical (unpaired) electrons. The van der Waals surface area contributed by atoms with Gasteiger partial charge in [-0.3, -0.25) is 4.79 Å². The van der Waals surface area contributed by atoms with E-state index in [-0.39, 0.29) is 11.5 Å². The number of benzene rings is 1. The Balaban J connectivity index is 2.47. The van der Waals surface area contributed by atoms with Gasteiger partial charge in [0, 0.05) is 11.4 Å². The molecule has 1 atom stereocenters. The molecule has 1 aromatic carbocycles. The summed E-state index contributed by atoms with van der Waals surface area (Å²) in [5.41, 5.74) is 0.926. The molecule has 0 aliphatic carbocycles. The number of halogens is 2. The minimum absolute atomic E-state index is 0.113. The Morgan fingerprint density at radius 1 is 1.53 bits per heavy atom. The molecule has 0 bridgehead atoms. The number of aryl methyl sites for hydroxylation is 1. The molecule has 0 fully saturated rings. The van der Waals surface area contributed by atoms with Crippen molar-refractivity contribution < 1.29 is 9.18 Å². The smallest absolute Gasteiger partial charge is 0.254 e. The summed E-state index contributed by atoms with van der Waals surface area (Å²) in [6, 6.07) is 4.63. The van der Waals surface area contributed by atoms with Crippen molar-refractivity contribution in [2.75, 3.05) is 6.54 Å². The molecule has 1 N–H and O–H groups in total. The van der Waals surface area contributed by atoms with Crippen LogP contribution >= 0.6 is 15.9 Å². The lowest BCUT2D eigenvalue weighted by Gasteiger charge is -2.07. The molecule has 0 saturated heterocycles. The monoisotopic (exact) mass is 301 g/mol. The minimum Gasteiger partial charge on any atom is -0.352 e. The highest BCUT2D eigenvalue weighted by atomic mass is 79.9. The Bertz CT molecular complexity index is 393. The molecule has 0 aliphatic heterocycles. The average Bonchev–Trinajstić information content (AvgIpc) is 2.23. The zero-order valence-corrected chi connectivity index (χ0v) is 11.7. The Labute approximate surface area is 110 Å². The number of amides is 1. The molecule has 2 nitrogen and oxygen atoms in total. The molecule has 0 aromatic heterocycles. The van der Waals surface area contributed by atoms with Crippen molar-refractivity contribution in [3.63, 3.8) is 0 Å². The molecule has 1 amide bonds. The van der Waals surface area contributed by atoms with Gasteiger partial charge in [0.25, 0.3) is 5.91 Å². The Kier molecular flexibility index (Phi) is 5.62. The molecule has 1 rings (SSSR count). The lowest BCUT2D eigenvalue weighted by Crippen LogP contribution is -2.25. The largest absolute Gasteiger partial charge is 0.352 e. The van der Waals surface area contributed by atoms with Crippen LogP contribution in [0.25, 0.3) is 0 Å². The van der Waals surface area contributed by atoms with E-state index in [1.807, 2.05) is 0 Å². The van der Waals surface area contributed by atoms with Crippen LogP contribution < -0.4 is 5.32 Å². The molecule has 94 valence electrons. The fraction of sp³-hybridized carbons (Fsp3) is 0.462. The first kappa shape index (κ1) is 14.2. The second-order valence-electron chi connectivity index (χ2n) is 4.16. The van der Waals surface area contributed by atoms with Crippen molar-refractivity contribution in [1.82, 2.24) is 5.32 Å². The van der Waals surface area contributed by atoms with Crippen molar-refractivity contribution in [3.8, 4) is 0 Å². The Morgan fingerprint density at radius 3 is 2.82 bits per heavy atom. The van der Waals surface area contributed by atoms with Crippen molar-refractivity contribution in [1.29, 1.82) is 0 Å². The van der Waals surface area contributed by atoms with E-state index in [4.69, 9.17) is 0 Å². The van der Waals surface area contributed by atoms with Gasteiger partial charge in [0.2, 0.25) is 0 Å². The number of rotatable bonds is 5. The van der Waals surface area contributed by atoms with E-state index in [2.05, 4.69) is 28.2 Å². The van der Waals surface area contributed by atoms with Gasteiger partial charge >= 0.3 is 0 Å². The first-order valence-corrected chi connectivity index (χ1v) is 6.60. The number of nitrogens with one attached hydrogen (secondary N) is 1. The number of alkyl halides is 1. The second kappa shape index (κ2) is 6.74. The number of carbonyl (C=O) groups excluding carboxylic acids is 1. The molecule has 0 saturated carbocycles. The van der Waals surface area contributed by atoms with Crippen LogP contribution in [-0.4, -0.2) is 17.3 Å². The van der Waals surface area contributed by atoms with Crippen LogP contribution in [0.15, 0.2) is 18.2 Å². The fourth-order valence-corrected chi connectivity index (χ4v) is 1.81. The standard InChI is InChI=1S/C13H17BrFNO/c1-9-5-6-11(12(15)8-9)13(17)16-7-3-4-10(2)14/h5-6,8,10H,3-4,7H2,1-2H3,(H,16,17). The van der Waals surface area contributed by atoms with E-state index >= 15 is 0 Å². The first-order chi connectivity index (χ1) is 8.00. The molecule has 1 aromatic rings. The Hall–Kier alpha value is -0.900. The van der Waals surface area contributed by atoms with Crippen LogP contribution in [0.5, 0.6) is 0 Å². The fourth-order valence-electron chi connectivity index (χ4n) is 1.48. The highest BCUT2D eigenvalue weighted by molar-refractivity contribution is 9.09. The summed E-state index contributed by atoms with van der Waals surface area (Å²) in [5, 5.41) is 2.71. The van der Waals surface area contributed by atoms with Gasteiger partial charge in [-0.15, -0.1) is 0 Å². The van der Waals surface area contributed by atoms with E-state index in [1.54, 1.807) is 13.0 Å². The number of hydrogen-bond acceptors (Lipinski definition) is 1. The quantitative estimate of drug-likeness (QED) is 0.655. The van der Waals surface area contributed by atoms with E-state index in [1.165, 1.54) is 12.1 Å². The van der Waals surface area contributed by atoms with Crippen molar-refractivity contribution in [2.24, 2.45) is 0 Å². The third-order valence-electron chi connectivity index (χ3n) is 2.43. The van der Waals surface area contributed by atoms with Gasteiger partial charge in [0.05, 0.1) is 5.56 Å². The average molecular weight is 302 g/mol. The lowest BCUT2D eigenvalue weighted by molar-refractivity contribution is 0.0949. The summed E-state index contributed by atoms with van der Waals surface area (Å²) >= 11 is 3.43. The van der Waals surface area contributed by atoms with Crippen LogP contribution in [0, 0.1) is 12.7 Å². The Morgan fingerprint density at radius 2 is 2.24 bits per heavy atom. The molecule has 4 heteroatoms. The molecular formula is C13H17BrFNO. The van der Waals surface area contributed by atoms with E-state index in [9.17, 15) is 9.18 Å². The van der Waals surface area contributed by atoms with Crippen LogP contribution in [-0.2, 0) is 0 Å². The summed E-state index contributed by atoms with van der Waals surface area (Å²) in [4.78, 5) is 12.1. The normalized spacial score (nSPS) is 12.2. The third-order valence-corrected chi connectivity index (χ3v) is 2.89. The predicted octanol–water partition coefficient (Wildman–Crippen LogP) is 3.43. The molecule has 1 unspecified atom stereocenters. The first-order valence-electron chi connectivity index (χ1n) is 5.69. The maximum atomic E-state index is 13.5. The molecule has 0 aliphatic rings. The van der Waals surface area contributed by atoms with Crippen molar-refractivity contribution in [3.05, 3.63) is 35.1 Å². The van der Waals surface area contributed by atoms with Gasteiger partial charge in [0.15, 0.2) is 0 Å². The minimum atomic E-state index is -0.462.